The zero-order valence-corrected chi connectivity index (χ0v) is 6.04. The minimum atomic E-state index is -3.97. The Morgan fingerprint density at radius 2 is 2.10 bits per heavy atom. The Hall–Kier alpha value is -0.460. The van der Waals surface area contributed by atoms with Crippen LogP contribution in [0.4, 0.5) is 0 Å². The molecule has 0 heterocycles. The van der Waals surface area contributed by atoms with Crippen molar-refractivity contribution >= 4 is 16.4 Å². The van der Waals surface area contributed by atoms with E-state index in [1.807, 2.05) is 0 Å². The van der Waals surface area contributed by atoms with Gasteiger partial charge in [0, 0.05) is 0 Å². The third kappa shape index (κ3) is 5.67. The van der Waals surface area contributed by atoms with Gasteiger partial charge in [-0.3, -0.25) is 4.55 Å². The SMILES string of the molecule is NC(C=O)CCS(=O)(=O)O. The monoisotopic (exact) mass is 167 g/mol. The maximum atomic E-state index is 10.0. The van der Waals surface area contributed by atoms with E-state index in [1.54, 1.807) is 0 Å². The summed E-state index contributed by atoms with van der Waals surface area (Å²) < 4.78 is 28.2. The molecule has 0 saturated carbocycles. The van der Waals surface area contributed by atoms with Crippen molar-refractivity contribution in [3.63, 3.8) is 0 Å². The Balaban J connectivity index is 3.66. The van der Waals surface area contributed by atoms with Crippen LogP contribution in [0.15, 0.2) is 0 Å². The standard InChI is InChI=1S/C4H9NO4S/c5-4(3-6)1-2-10(7,8)9/h3-4H,1-2,5H2,(H,7,8,9). The van der Waals surface area contributed by atoms with Gasteiger partial charge in [-0.05, 0) is 6.42 Å². The summed E-state index contributed by atoms with van der Waals surface area (Å²) in [4.78, 5) is 9.82. The molecule has 1 atom stereocenters. The highest BCUT2D eigenvalue weighted by Crippen LogP contribution is 1.89. The first-order valence-corrected chi connectivity index (χ1v) is 4.22. The van der Waals surface area contributed by atoms with E-state index >= 15 is 0 Å². The topological polar surface area (TPSA) is 97.5 Å². The molecule has 0 aromatic rings. The van der Waals surface area contributed by atoms with Crippen molar-refractivity contribution in [3.8, 4) is 0 Å². The van der Waals surface area contributed by atoms with Crippen LogP contribution in [-0.4, -0.2) is 31.1 Å². The molecule has 60 valence electrons. The predicted octanol–water partition coefficient (Wildman–Crippen LogP) is -1.21. The number of carbonyl (C=O) groups excluding carboxylic acids is 1. The third-order valence-electron chi connectivity index (χ3n) is 0.884. The zero-order chi connectivity index (χ0) is 8.20. The van der Waals surface area contributed by atoms with Crippen LogP contribution in [0.3, 0.4) is 0 Å². The average molecular weight is 167 g/mol. The average Bonchev–Trinajstić information content (AvgIpc) is 1.81. The Bertz CT molecular complexity index is 197. The van der Waals surface area contributed by atoms with E-state index in [2.05, 4.69) is 0 Å². The van der Waals surface area contributed by atoms with Crippen LogP contribution in [0.25, 0.3) is 0 Å². The summed E-state index contributed by atoms with van der Waals surface area (Å²) in [5.41, 5.74) is 5.04. The molecule has 0 amide bonds. The van der Waals surface area contributed by atoms with Crippen molar-refractivity contribution < 1.29 is 17.8 Å². The van der Waals surface area contributed by atoms with Crippen LogP contribution in [-0.2, 0) is 14.9 Å². The minimum absolute atomic E-state index is 0.0394. The number of nitrogens with two attached hydrogens (primary N) is 1. The molecule has 0 spiro atoms. The first-order valence-electron chi connectivity index (χ1n) is 2.62. The van der Waals surface area contributed by atoms with Crippen molar-refractivity contribution in [2.75, 3.05) is 5.75 Å². The number of rotatable bonds is 4. The number of carbonyl (C=O) groups is 1. The Morgan fingerprint density at radius 3 is 2.40 bits per heavy atom. The molecule has 0 aliphatic carbocycles. The molecular formula is C4H9NO4S. The van der Waals surface area contributed by atoms with Gasteiger partial charge in [0.2, 0.25) is 0 Å². The lowest BCUT2D eigenvalue weighted by Gasteiger charge is -1.99. The Morgan fingerprint density at radius 1 is 1.60 bits per heavy atom. The van der Waals surface area contributed by atoms with Gasteiger partial charge < -0.3 is 10.5 Å². The van der Waals surface area contributed by atoms with Crippen molar-refractivity contribution in [2.24, 2.45) is 5.73 Å². The predicted molar refractivity (Wildman–Crippen MR) is 35.1 cm³/mol. The highest BCUT2D eigenvalue weighted by atomic mass is 32.2. The summed E-state index contributed by atoms with van der Waals surface area (Å²) in [6.07, 6.45) is 0.396. The summed E-state index contributed by atoms with van der Waals surface area (Å²) in [5, 5.41) is 0. The van der Waals surface area contributed by atoms with E-state index < -0.39 is 21.9 Å². The van der Waals surface area contributed by atoms with E-state index in [4.69, 9.17) is 10.3 Å². The summed E-state index contributed by atoms with van der Waals surface area (Å²) >= 11 is 0. The van der Waals surface area contributed by atoms with Crippen LogP contribution in [0.1, 0.15) is 6.42 Å². The summed E-state index contributed by atoms with van der Waals surface area (Å²) in [5.74, 6) is -0.465. The van der Waals surface area contributed by atoms with Gasteiger partial charge >= 0.3 is 0 Å². The van der Waals surface area contributed by atoms with Gasteiger partial charge in [0.25, 0.3) is 10.1 Å². The van der Waals surface area contributed by atoms with Crippen LogP contribution in [0, 0.1) is 0 Å². The summed E-state index contributed by atoms with van der Waals surface area (Å²) in [6.45, 7) is 0. The maximum Gasteiger partial charge on any atom is 0.264 e. The molecule has 0 aliphatic rings. The molecule has 6 heteroatoms. The largest absolute Gasteiger partial charge is 0.322 e. The lowest BCUT2D eigenvalue weighted by atomic mass is 10.3. The Kier molecular flexibility index (Phi) is 3.48. The first-order chi connectivity index (χ1) is 4.45. The second-order valence-corrected chi connectivity index (χ2v) is 3.45. The van der Waals surface area contributed by atoms with E-state index in [0.717, 1.165) is 0 Å². The van der Waals surface area contributed by atoms with Crippen LogP contribution in [0.5, 0.6) is 0 Å². The van der Waals surface area contributed by atoms with Crippen LogP contribution in [0.2, 0.25) is 0 Å². The number of hydrogen-bond donors (Lipinski definition) is 2. The lowest BCUT2D eigenvalue weighted by Crippen LogP contribution is -2.24. The zero-order valence-electron chi connectivity index (χ0n) is 5.23. The lowest BCUT2D eigenvalue weighted by molar-refractivity contribution is -0.108. The van der Waals surface area contributed by atoms with E-state index in [-0.39, 0.29) is 6.42 Å². The molecule has 10 heavy (non-hydrogen) atoms. The summed E-state index contributed by atoms with van der Waals surface area (Å²) in [6, 6.07) is -0.804. The van der Waals surface area contributed by atoms with Crippen LogP contribution < -0.4 is 5.73 Å². The van der Waals surface area contributed by atoms with Gasteiger partial charge in [-0.15, -0.1) is 0 Å². The molecule has 0 aliphatic heterocycles. The smallest absolute Gasteiger partial charge is 0.264 e. The van der Waals surface area contributed by atoms with Gasteiger partial charge in [0.1, 0.15) is 6.29 Å². The summed E-state index contributed by atoms with van der Waals surface area (Å²) in [7, 11) is -3.97. The van der Waals surface area contributed by atoms with Gasteiger partial charge in [0.15, 0.2) is 0 Å². The molecule has 3 N–H and O–H groups in total. The number of aldehydes is 1. The molecule has 1 unspecified atom stereocenters. The maximum absolute atomic E-state index is 10.0. The van der Waals surface area contributed by atoms with Gasteiger partial charge in [-0.1, -0.05) is 0 Å². The van der Waals surface area contributed by atoms with Crippen molar-refractivity contribution in [1.29, 1.82) is 0 Å². The van der Waals surface area contributed by atoms with Crippen molar-refractivity contribution in [3.05, 3.63) is 0 Å². The second-order valence-electron chi connectivity index (χ2n) is 1.87. The normalized spacial score (nSPS) is 14.6. The highest BCUT2D eigenvalue weighted by molar-refractivity contribution is 7.85. The van der Waals surface area contributed by atoms with Gasteiger partial charge in [0.05, 0.1) is 11.8 Å². The fourth-order valence-electron chi connectivity index (χ4n) is 0.353. The fourth-order valence-corrected chi connectivity index (χ4v) is 0.923. The van der Waals surface area contributed by atoms with Crippen molar-refractivity contribution in [1.82, 2.24) is 0 Å². The third-order valence-corrected chi connectivity index (χ3v) is 1.64. The first kappa shape index (κ1) is 9.54. The van der Waals surface area contributed by atoms with Gasteiger partial charge in [-0.2, -0.15) is 8.42 Å². The van der Waals surface area contributed by atoms with E-state index in [0.29, 0.717) is 6.29 Å². The molecule has 0 radical (unpaired) electrons. The van der Waals surface area contributed by atoms with Crippen LogP contribution >= 0.6 is 0 Å². The molecule has 0 bridgehead atoms. The molecule has 0 aromatic carbocycles. The second kappa shape index (κ2) is 3.65. The molecule has 5 nitrogen and oxygen atoms in total. The van der Waals surface area contributed by atoms with Crippen molar-refractivity contribution in [2.45, 2.75) is 12.5 Å². The number of hydrogen-bond acceptors (Lipinski definition) is 4. The quantitative estimate of drug-likeness (QED) is 0.404. The molecule has 0 aromatic heterocycles. The minimum Gasteiger partial charge on any atom is -0.322 e. The molecule has 0 fully saturated rings. The van der Waals surface area contributed by atoms with Gasteiger partial charge in [-0.25, -0.2) is 0 Å². The highest BCUT2D eigenvalue weighted by Gasteiger charge is 2.07. The van der Waals surface area contributed by atoms with E-state index in [9.17, 15) is 13.2 Å². The fraction of sp³-hybridized carbons (Fsp3) is 0.750. The molecule has 0 rings (SSSR count). The van der Waals surface area contributed by atoms with E-state index in [1.165, 1.54) is 0 Å². The Labute approximate surface area is 59.0 Å². The molecular weight excluding hydrogens is 158 g/mol. The molecule has 0 saturated heterocycles.